The van der Waals surface area contributed by atoms with Crippen molar-refractivity contribution in [1.82, 2.24) is 0 Å². The Morgan fingerprint density at radius 2 is 2.00 bits per heavy atom. The summed E-state index contributed by atoms with van der Waals surface area (Å²) in [6.45, 7) is 4.20. The van der Waals surface area contributed by atoms with Gasteiger partial charge in [0.05, 0.1) is 5.54 Å². The molecule has 0 fully saturated rings. The minimum absolute atomic E-state index is 0.141. The van der Waals surface area contributed by atoms with Crippen LogP contribution in [0.25, 0.3) is 0 Å². The Morgan fingerprint density at radius 3 is 2.77 bits per heavy atom. The number of aliphatic imine (C=N–C) groups is 1. The van der Waals surface area contributed by atoms with Crippen LogP contribution in [-0.2, 0) is 4.74 Å². The van der Waals surface area contributed by atoms with E-state index in [0.29, 0.717) is 6.02 Å². The Balaban J connectivity index is 2.36. The summed E-state index contributed by atoms with van der Waals surface area (Å²) in [7, 11) is 0. The second kappa shape index (κ2) is 2.76. The van der Waals surface area contributed by atoms with E-state index in [-0.39, 0.29) is 5.54 Å². The molecular formula is C10H16N2O. The Kier molecular flexibility index (Phi) is 1.82. The van der Waals surface area contributed by atoms with Crippen molar-refractivity contribution < 1.29 is 4.74 Å². The molecule has 0 saturated carbocycles. The predicted molar refractivity (Wildman–Crippen MR) is 52.3 cm³/mol. The summed E-state index contributed by atoms with van der Waals surface area (Å²) in [6, 6.07) is 0.325. The van der Waals surface area contributed by atoms with Gasteiger partial charge in [0.1, 0.15) is 5.76 Å². The molecule has 1 heterocycles. The SMILES string of the molecule is CC1(C)N=C(N)OC2=C1CCCC2. The third-order valence-electron chi connectivity index (χ3n) is 2.77. The minimum atomic E-state index is -0.141. The van der Waals surface area contributed by atoms with E-state index in [1.165, 1.54) is 18.4 Å². The van der Waals surface area contributed by atoms with Gasteiger partial charge in [-0.05, 0) is 38.7 Å². The van der Waals surface area contributed by atoms with Gasteiger partial charge in [-0.2, -0.15) is 0 Å². The maximum atomic E-state index is 5.61. The maximum Gasteiger partial charge on any atom is 0.288 e. The van der Waals surface area contributed by atoms with Crippen molar-refractivity contribution in [1.29, 1.82) is 0 Å². The zero-order valence-electron chi connectivity index (χ0n) is 8.26. The van der Waals surface area contributed by atoms with Crippen LogP contribution in [0.15, 0.2) is 16.3 Å². The van der Waals surface area contributed by atoms with Crippen LogP contribution in [0.1, 0.15) is 39.5 Å². The van der Waals surface area contributed by atoms with Gasteiger partial charge in [-0.25, -0.2) is 4.99 Å². The van der Waals surface area contributed by atoms with Crippen molar-refractivity contribution in [3.63, 3.8) is 0 Å². The van der Waals surface area contributed by atoms with Crippen molar-refractivity contribution >= 4 is 6.02 Å². The summed E-state index contributed by atoms with van der Waals surface area (Å²) >= 11 is 0. The normalized spacial score (nSPS) is 26.2. The Morgan fingerprint density at radius 1 is 1.31 bits per heavy atom. The predicted octanol–water partition coefficient (Wildman–Crippen LogP) is 1.94. The molecule has 0 unspecified atom stereocenters. The summed E-state index contributed by atoms with van der Waals surface area (Å²) in [4.78, 5) is 4.31. The van der Waals surface area contributed by atoms with Crippen molar-refractivity contribution in [3.05, 3.63) is 11.3 Å². The molecule has 0 atom stereocenters. The molecule has 3 nitrogen and oxygen atoms in total. The minimum Gasteiger partial charge on any atom is -0.431 e. The fraction of sp³-hybridized carbons (Fsp3) is 0.700. The van der Waals surface area contributed by atoms with Gasteiger partial charge >= 0.3 is 0 Å². The first-order valence-corrected chi connectivity index (χ1v) is 4.85. The number of ether oxygens (including phenoxy) is 1. The molecule has 0 radical (unpaired) electrons. The quantitative estimate of drug-likeness (QED) is 0.619. The van der Waals surface area contributed by atoms with Crippen LogP contribution in [0, 0.1) is 0 Å². The van der Waals surface area contributed by atoms with Crippen LogP contribution in [0.3, 0.4) is 0 Å². The van der Waals surface area contributed by atoms with Gasteiger partial charge in [0.2, 0.25) is 0 Å². The first-order chi connectivity index (χ1) is 6.09. The molecule has 2 aliphatic rings. The molecule has 0 saturated heterocycles. The third kappa shape index (κ3) is 1.43. The third-order valence-corrected chi connectivity index (χ3v) is 2.77. The maximum absolute atomic E-state index is 5.61. The van der Waals surface area contributed by atoms with E-state index in [1.807, 2.05) is 0 Å². The van der Waals surface area contributed by atoms with Crippen molar-refractivity contribution in [2.75, 3.05) is 0 Å². The average Bonchev–Trinajstić information content (AvgIpc) is 2.02. The second-order valence-corrected chi connectivity index (χ2v) is 4.22. The number of hydrogen-bond acceptors (Lipinski definition) is 3. The highest BCUT2D eigenvalue weighted by Crippen LogP contribution is 2.37. The van der Waals surface area contributed by atoms with Crippen LogP contribution in [0.2, 0.25) is 0 Å². The van der Waals surface area contributed by atoms with Crippen molar-refractivity contribution in [3.8, 4) is 0 Å². The van der Waals surface area contributed by atoms with Crippen molar-refractivity contribution in [2.24, 2.45) is 10.7 Å². The number of amidine groups is 1. The largest absolute Gasteiger partial charge is 0.431 e. The summed E-state index contributed by atoms with van der Waals surface area (Å²) < 4.78 is 5.43. The van der Waals surface area contributed by atoms with E-state index >= 15 is 0 Å². The fourth-order valence-electron chi connectivity index (χ4n) is 2.13. The van der Waals surface area contributed by atoms with Crippen LogP contribution in [0.4, 0.5) is 0 Å². The number of allylic oxidation sites excluding steroid dienone is 1. The van der Waals surface area contributed by atoms with E-state index in [1.54, 1.807) is 0 Å². The van der Waals surface area contributed by atoms with Crippen LogP contribution >= 0.6 is 0 Å². The lowest BCUT2D eigenvalue weighted by Gasteiger charge is -2.33. The van der Waals surface area contributed by atoms with Gasteiger partial charge in [0, 0.05) is 6.42 Å². The molecule has 0 aromatic heterocycles. The molecule has 0 amide bonds. The molecule has 0 aromatic rings. The highest BCUT2D eigenvalue weighted by atomic mass is 16.5. The number of hydrogen-bond donors (Lipinski definition) is 1. The van der Waals surface area contributed by atoms with E-state index in [0.717, 1.165) is 18.6 Å². The molecule has 13 heavy (non-hydrogen) atoms. The lowest BCUT2D eigenvalue weighted by atomic mass is 9.84. The highest BCUT2D eigenvalue weighted by Gasteiger charge is 2.32. The lowest BCUT2D eigenvalue weighted by molar-refractivity contribution is 0.314. The number of rotatable bonds is 0. The number of nitrogens with two attached hydrogens (primary N) is 1. The molecular weight excluding hydrogens is 164 g/mol. The molecule has 72 valence electrons. The molecule has 2 N–H and O–H groups in total. The Hall–Kier alpha value is -0.990. The second-order valence-electron chi connectivity index (χ2n) is 4.22. The monoisotopic (exact) mass is 180 g/mol. The zero-order valence-corrected chi connectivity index (χ0v) is 8.26. The highest BCUT2D eigenvalue weighted by molar-refractivity contribution is 5.75. The molecule has 2 rings (SSSR count). The zero-order chi connectivity index (χ0) is 9.47. The van der Waals surface area contributed by atoms with E-state index < -0.39 is 0 Å². The summed E-state index contributed by atoms with van der Waals surface area (Å²) in [5.41, 5.74) is 6.81. The van der Waals surface area contributed by atoms with E-state index in [2.05, 4.69) is 18.8 Å². The summed E-state index contributed by atoms with van der Waals surface area (Å²) in [5, 5.41) is 0. The first-order valence-electron chi connectivity index (χ1n) is 4.85. The smallest absolute Gasteiger partial charge is 0.288 e. The van der Waals surface area contributed by atoms with Crippen LogP contribution in [0.5, 0.6) is 0 Å². The molecule has 0 aromatic carbocycles. The Bertz CT molecular complexity index is 289. The molecule has 1 aliphatic heterocycles. The molecule has 3 heteroatoms. The van der Waals surface area contributed by atoms with Gasteiger partial charge in [-0.1, -0.05) is 0 Å². The molecule has 1 aliphatic carbocycles. The topological polar surface area (TPSA) is 47.6 Å². The van der Waals surface area contributed by atoms with Crippen molar-refractivity contribution in [2.45, 2.75) is 45.1 Å². The van der Waals surface area contributed by atoms with Gasteiger partial charge in [-0.15, -0.1) is 0 Å². The lowest BCUT2D eigenvalue weighted by Crippen LogP contribution is -2.34. The summed E-state index contributed by atoms with van der Waals surface area (Å²) in [6.07, 6.45) is 4.59. The van der Waals surface area contributed by atoms with E-state index in [9.17, 15) is 0 Å². The van der Waals surface area contributed by atoms with Gasteiger partial charge < -0.3 is 10.5 Å². The van der Waals surface area contributed by atoms with E-state index in [4.69, 9.17) is 10.5 Å². The number of nitrogens with zero attached hydrogens (tertiary/aromatic N) is 1. The average molecular weight is 180 g/mol. The van der Waals surface area contributed by atoms with Gasteiger partial charge in [-0.3, -0.25) is 0 Å². The fourth-order valence-corrected chi connectivity index (χ4v) is 2.13. The standard InChI is InChI=1S/C10H16N2O/c1-10(2)7-5-3-4-6-8(7)13-9(11)12-10/h3-6H2,1-2H3,(H2,11,12). The molecule has 0 spiro atoms. The molecule has 0 bridgehead atoms. The first kappa shape index (κ1) is 8.60. The van der Waals surface area contributed by atoms with Crippen LogP contribution < -0.4 is 5.73 Å². The Labute approximate surface area is 78.7 Å². The summed E-state index contributed by atoms with van der Waals surface area (Å²) in [5.74, 6) is 1.07. The van der Waals surface area contributed by atoms with Crippen LogP contribution in [-0.4, -0.2) is 11.6 Å². The van der Waals surface area contributed by atoms with Gasteiger partial charge in [0.25, 0.3) is 6.02 Å². The van der Waals surface area contributed by atoms with Gasteiger partial charge in [0.15, 0.2) is 0 Å².